The number of aliphatic imine (C=N–C) groups is 2. The van der Waals surface area contributed by atoms with Gasteiger partial charge in [-0.25, -0.2) is 9.59 Å². The minimum atomic E-state index is -4.57. The molecular formula is C15H10N2O5S. The average Bonchev–Trinajstić information content (AvgIpc) is 2.50. The molecule has 23 heavy (non-hydrogen) atoms. The van der Waals surface area contributed by atoms with Crippen molar-refractivity contribution in [2.24, 2.45) is 9.98 Å². The third kappa shape index (κ3) is 3.66. The molecule has 0 aliphatic carbocycles. The molecule has 0 amide bonds. The third-order valence-corrected chi connectivity index (χ3v) is 4.17. The van der Waals surface area contributed by atoms with Crippen molar-refractivity contribution in [3.8, 4) is 0 Å². The van der Waals surface area contributed by atoms with Crippen LogP contribution in [0.3, 0.4) is 0 Å². The summed E-state index contributed by atoms with van der Waals surface area (Å²) in [5.41, 5.74) is 0.0471. The molecule has 0 radical (unpaired) electrons. The number of rotatable bonds is 5. The zero-order valence-electron chi connectivity index (χ0n) is 11.6. The van der Waals surface area contributed by atoms with Crippen molar-refractivity contribution >= 4 is 33.7 Å². The highest BCUT2D eigenvalue weighted by molar-refractivity contribution is 7.86. The molecule has 0 aliphatic heterocycles. The standard InChI is InChI=1S/C15H10N2O5S/c18-9-16-13-8-4-7-12(14(13)17-10-19)15(23(20,21)22)11-5-2-1-3-6-11/h1-8,15H,(H,20,21,22). The van der Waals surface area contributed by atoms with E-state index in [1.165, 1.54) is 42.5 Å². The SMILES string of the molecule is O=C=Nc1cccc(C(c2ccccc2)S(=O)(=O)O)c1N=C=O. The first-order chi connectivity index (χ1) is 11.0. The molecule has 0 heterocycles. The highest BCUT2D eigenvalue weighted by atomic mass is 32.2. The van der Waals surface area contributed by atoms with Gasteiger partial charge in [0.2, 0.25) is 12.2 Å². The first-order valence-electron chi connectivity index (χ1n) is 6.29. The number of isocyanates is 2. The Morgan fingerprint density at radius 1 is 0.913 bits per heavy atom. The Morgan fingerprint density at radius 3 is 2.13 bits per heavy atom. The fourth-order valence-corrected chi connectivity index (χ4v) is 3.22. The Balaban J connectivity index is 2.82. The maximum atomic E-state index is 11.9. The number of hydrogen-bond acceptors (Lipinski definition) is 6. The first kappa shape index (κ1) is 16.5. The van der Waals surface area contributed by atoms with Crippen molar-refractivity contribution in [2.45, 2.75) is 5.25 Å². The summed E-state index contributed by atoms with van der Waals surface area (Å²) >= 11 is 0. The summed E-state index contributed by atoms with van der Waals surface area (Å²) in [5.74, 6) is 0. The molecule has 2 rings (SSSR count). The van der Waals surface area contributed by atoms with Gasteiger partial charge in [0.1, 0.15) is 16.6 Å². The van der Waals surface area contributed by atoms with Crippen LogP contribution in [0.25, 0.3) is 0 Å². The summed E-state index contributed by atoms with van der Waals surface area (Å²) in [5, 5.41) is -1.49. The summed E-state index contributed by atoms with van der Waals surface area (Å²) < 4.78 is 33.4. The zero-order valence-corrected chi connectivity index (χ0v) is 12.4. The van der Waals surface area contributed by atoms with Crippen LogP contribution in [0.1, 0.15) is 16.4 Å². The summed E-state index contributed by atoms with van der Waals surface area (Å²) in [7, 11) is -4.57. The smallest absolute Gasteiger partial charge is 0.276 e. The second kappa shape index (κ2) is 6.91. The van der Waals surface area contributed by atoms with Crippen LogP contribution in [0.15, 0.2) is 58.5 Å². The monoisotopic (exact) mass is 330 g/mol. The minimum Gasteiger partial charge on any atom is -0.285 e. The highest BCUT2D eigenvalue weighted by Gasteiger charge is 2.30. The van der Waals surface area contributed by atoms with E-state index in [9.17, 15) is 22.6 Å². The van der Waals surface area contributed by atoms with Crippen molar-refractivity contribution in [3.63, 3.8) is 0 Å². The Labute approximate surface area is 131 Å². The Morgan fingerprint density at radius 2 is 1.57 bits per heavy atom. The van der Waals surface area contributed by atoms with Gasteiger partial charge in [0.05, 0.1) is 0 Å². The molecule has 116 valence electrons. The lowest BCUT2D eigenvalue weighted by molar-refractivity contribution is 0.475. The lowest BCUT2D eigenvalue weighted by Crippen LogP contribution is -2.14. The first-order valence-corrected chi connectivity index (χ1v) is 7.79. The van der Waals surface area contributed by atoms with E-state index in [4.69, 9.17) is 0 Å². The minimum absolute atomic E-state index is 0.00134. The van der Waals surface area contributed by atoms with E-state index >= 15 is 0 Å². The largest absolute Gasteiger partial charge is 0.285 e. The van der Waals surface area contributed by atoms with Gasteiger partial charge in [0.25, 0.3) is 10.1 Å². The summed E-state index contributed by atoms with van der Waals surface area (Å²) in [6, 6.07) is 12.0. The Bertz CT molecular complexity index is 912. The number of para-hydroxylation sites is 1. The van der Waals surface area contributed by atoms with E-state index < -0.39 is 15.4 Å². The molecule has 1 atom stereocenters. The van der Waals surface area contributed by atoms with Crippen LogP contribution in [0.5, 0.6) is 0 Å². The fraction of sp³-hybridized carbons (Fsp3) is 0.0667. The lowest BCUT2D eigenvalue weighted by Gasteiger charge is -2.17. The van der Waals surface area contributed by atoms with E-state index in [0.29, 0.717) is 0 Å². The van der Waals surface area contributed by atoms with Crippen LogP contribution < -0.4 is 0 Å². The Kier molecular flexibility index (Phi) is 4.95. The molecule has 0 saturated carbocycles. The molecule has 0 aromatic heterocycles. The molecule has 8 heteroatoms. The molecule has 0 saturated heterocycles. The van der Waals surface area contributed by atoms with Crippen molar-refractivity contribution < 1.29 is 22.6 Å². The van der Waals surface area contributed by atoms with E-state index in [1.54, 1.807) is 18.2 Å². The predicted molar refractivity (Wildman–Crippen MR) is 81.8 cm³/mol. The quantitative estimate of drug-likeness (QED) is 0.514. The number of carbonyl (C=O) groups excluding carboxylic acids is 2. The molecule has 0 spiro atoms. The van der Waals surface area contributed by atoms with Gasteiger partial charge in [-0.3, -0.25) is 4.55 Å². The normalized spacial score (nSPS) is 11.9. The molecule has 1 N–H and O–H groups in total. The van der Waals surface area contributed by atoms with Crippen molar-refractivity contribution in [3.05, 3.63) is 59.7 Å². The zero-order chi connectivity index (χ0) is 16.9. The van der Waals surface area contributed by atoms with Gasteiger partial charge in [-0.2, -0.15) is 18.4 Å². The number of benzene rings is 2. The van der Waals surface area contributed by atoms with Gasteiger partial charge in [0.15, 0.2) is 0 Å². The number of hydrogen-bond donors (Lipinski definition) is 1. The van der Waals surface area contributed by atoms with E-state index in [-0.39, 0.29) is 22.5 Å². The van der Waals surface area contributed by atoms with Crippen LogP contribution in [-0.4, -0.2) is 25.1 Å². The average molecular weight is 330 g/mol. The molecule has 1 unspecified atom stereocenters. The highest BCUT2D eigenvalue weighted by Crippen LogP contribution is 2.40. The van der Waals surface area contributed by atoms with Crippen LogP contribution in [0, 0.1) is 0 Å². The van der Waals surface area contributed by atoms with Crippen molar-refractivity contribution in [1.82, 2.24) is 0 Å². The molecule has 7 nitrogen and oxygen atoms in total. The van der Waals surface area contributed by atoms with E-state index in [1.807, 2.05) is 0 Å². The van der Waals surface area contributed by atoms with Gasteiger partial charge in [-0.1, -0.05) is 42.5 Å². The van der Waals surface area contributed by atoms with Crippen molar-refractivity contribution in [1.29, 1.82) is 0 Å². The molecule has 0 bridgehead atoms. The fourth-order valence-electron chi connectivity index (χ4n) is 2.21. The second-order valence-electron chi connectivity index (χ2n) is 4.43. The topological polar surface area (TPSA) is 113 Å². The van der Waals surface area contributed by atoms with E-state index in [2.05, 4.69) is 9.98 Å². The molecular weight excluding hydrogens is 320 g/mol. The molecule has 2 aromatic rings. The molecule has 0 aliphatic rings. The van der Waals surface area contributed by atoms with Crippen molar-refractivity contribution in [2.75, 3.05) is 0 Å². The third-order valence-electron chi connectivity index (χ3n) is 3.05. The maximum Gasteiger partial charge on any atom is 0.276 e. The van der Waals surface area contributed by atoms with E-state index in [0.717, 1.165) is 0 Å². The van der Waals surface area contributed by atoms with Crippen LogP contribution in [0.2, 0.25) is 0 Å². The van der Waals surface area contributed by atoms with Crippen LogP contribution in [-0.2, 0) is 19.7 Å². The maximum absolute atomic E-state index is 11.9. The Hall–Kier alpha value is -2.89. The number of nitrogens with zero attached hydrogens (tertiary/aromatic N) is 2. The second-order valence-corrected chi connectivity index (χ2v) is 5.93. The van der Waals surface area contributed by atoms with Gasteiger partial charge in [0, 0.05) is 5.56 Å². The van der Waals surface area contributed by atoms with Gasteiger partial charge < -0.3 is 0 Å². The lowest BCUT2D eigenvalue weighted by atomic mass is 10.0. The van der Waals surface area contributed by atoms with Gasteiger partial charge in [-0.05, 0) is 11.6 Å². The predicted octanol–water partition coefficient (Wildman–Crippen LogP) is 2.60. The molecule has 2 aromatic carbocycles. The van der Waals surface area contributed by atoms with Gasteiger partial charge >= 0.3 is 0 Å². The summed E-state index contributed by atoms with van der Waals surface area (Å²) in [4.78, 5) is 27.9. The van der Waals surface area contributed by atoms with Crippen LogP contribution in [0.4, 0.5) is 11.4 Å². The van der Waals surface area contributed by atoms with Gasteiger partial charge in [-0.15, -0.1) is 0 Å². The van der Waals surface area contributed by atoms with Crippen LogP contribution >= 0.6 is 0 Å². The summed E-state index contributed by atoms with van der Waals surface area (Å²) in [6.45, 7) is 0. The summed E-state index contributed by atoms with van der Waals surface area (Å²) in [6.07, 6.45) is 2.59. The molecule has 0 fully saturated rings.